The number of aliphatic hydroxyl groups is 1. The first-order valence-electron chi connectivity index (χ1n) is 7.52. The van der Waals surface area contributed by atoms with Crippen LogP contribution in [0.3, 0.4) is 0 Å². The Bertz CT molecular complexity index is 564. The van der Waals surface area contributed by atoms with Gasteiger partial charge in [0, 0.05) is 30.4 Å². The first-order chi connectivity index (χ1) is 10.4. The Kier molecular flexibility index (Phi) is 3.98. The molecule has 2 heterocycles. The summed E-state index contributed by atoms with van der Waals surface area (Å²) in [6.07, 6.45) is -2.26. The summed E-state index contributed by atoms with van der Waals surface area (Å²) in [6.45, 7) is 0.617. The number of anilines is 1. The normalized spacial score (nSPS) is 26.0. The highest BCUT2D eigenvalue weighted by Gasteiger charge is 2.39. The molecule has 0 unspecified atom stereocenters. The summed E-state index contributed by atoms with van der Waals surface area (Å²) in [5.41, 5.74) is 5.64. The van der Waals surface area contributed by atoms with Crippen molar-refractivity contribution < 1.29 is 18.3 Å². The molecule has 3 rings (SSSR count). The predicted molar refractivity (Wildman–Crippen MR) is 74.5 cm³/mol. The molecule has 0 aromatic carbocycles. The lowest BCUT2D eigenvalue weighted by molar-refractivity contribution is -0.142. The molecule has 0 spiro atoms. The molecule has 0 bridgehead atoms. The van der Waals surface area contributed by atoms with E-state index < -0.39 is 18.0 Å². The fourth-order valence-corrected chi connectivity index (χ4v) is 3.09. The van der Waals surface area contributed by atoms with Gasteiger partial charge in [-0.2, -0.15) is 13.2 Å². The van der Waals surface area contributed by atoms with Gasteiger partial charge in [0.1, 0.15) is 0 Å². The van der Waals surface area contributed by atoms with E-state index in [1.54, 1.807) is 4.90 Å². The van der Waals surface area contributed by atoms with E-state index in [-0.39, 0.29) is 24.1 Å². The molecule has 1 saturated heterocycles. The van der Waals surface area contributed by atoms with Crippen molar-refractivity contribution in [1.82, 2.24) is 9.97 Å². The van der Waals surface area contributed by atoms with Crippen LogP contribution in [-0.2, 0) is 19.0 Å². The molecule has 0 amide bonds. The minimum Gasteiger partial charge on any atom is -0.390 e. The Hall–Kier alpha value is -1.41. The van der Waals surface area contributed by atoms with E-state index in [1.807, 2.05) is 0 Å². The van der Waals surface area contributed by atoms with Crippen molar-refractivity contribution in [3.05, 3.63) is 17.0 Å². The number of halogens is 3. The van der Waals surface area contributed by atoms with Gasteiger partial charge < -0.3 is 15.7 Å². The molecule has 0 saturated carbocycles. The van der Waals surface area contributed by atoms with Crippen LogP contribution in [0, 0.1) is 0 Å². The summed E-state index contributed by atoms with van der Waals surface area (Å²) in [5.74, 6) is 0.0546. The van der Waals surface area contributed by atoms with Gasteiger partial charge in [0.15, 0.2) is 5.69 Å². The van der Waals surface area contributed by atoms with Gasteiger partial charge in [-0.15, -0.1) is 0 Å². The van der Waals surface area contributed by atoms with Crippen molar-refractivity contribution in [2.24, 2.45) is 5.73 Å². The second-order valence-electron chi connectivity index (χ2n) is 5.97. The number of rotatable bonds is 1. The Labute approximate surface area is 126 Å². The standard InChI is InChI=1S/C14H19F3N4O/c15-14(16,17)12-8-3-1-2-4-10(8)19-13(20-12)21-6-5-9(18)11(22)7-21/h9,11,22H,1-7,18H2/t9-,11-/m1/s1. The Morgan fingerprint density at radius 3 is 2.59 bits per heavy atom. The highest BCUT2D eigenvalue weighted by atomic mass is 19.4. The predicted octanol–water partition coefficient (Wildman–Crippen LogP) is 1.27. The van der Waals surface area contributed by atoms with Crippen molar-refractivity contribution in [3.63, 3.8) is 0 Å². The summed E-state index contributed by atoms with van der Waals surface area (Å²) in [5, 5.41) is 9.83. The summed E-state index contributed by atoms with van der Waals surface area (Å²) in [7, 11) is 0. The van der Waals surface area contributed by atoms with Crippen LogP contribution < -0.4 is 10.6 Å². The Morgan fingerprint density at radius 2 is 1.91 bits per heavy atom. The number of piperidine rings is 1. The average Bonchev–Trinajstić information content (AvgIpc) is 2.48. The first kappa shape index (κ1) is 15.5. The van der Waals surface area contributed by atoms with E-state index in [4.69, 9.17) is 5.73 Å². The molecule has 1 aliphatic carbocycles. The molecule has 3 N–H and O–H groups in total. The van der Waals surface area contributed by atoms with Gasteiger partial charge in [-0.05, 0) is 32.1 Å². The van der Waals surface area contributed by atoms with Crippen LogP contribution in [-0.4, -0.2) is 40.3 Å². The van der Waals surface area contributed by atoms with Gasteiger partial charge in [0.2, 0.25) is 5.95 Å². The third-order valence-corrected chi connectivity index (χ3v) is 4.36. The second-order valence-corrected chi connectivity index (χ2v) is 5.97. The molecule has 2 atom stereocenters. The Balaban J connectivity index is 1.98. The van der Waals surface area contributed by atoms with E-state index >= 15 is 0 Å². The number of hydrogen-bond donors (Lipinski definition) is 2. The number of nitrogens with two attached hydrogens (primary N) is 1. The molecule has 5 nitrogen and oxygen atoms in total. The molecule has 1 aromatic rings. The minimum absolute atomic E-state index is 0.0546. The molecule has 1 aliphatic heterocycles. The maximum absolute atomic E-state index is 13.3. The van der Waals surface area contributed by atoms with E-state index in [9.17, 15) is 18.3 Å². The number of aryl methyl sites for hydroxylation is 1. The molecule has 8 heteroatoms. The number of fused-ring (bicyclic) bond motifs is 1. The lowest BCUT2D eigenvalue weighted by Gasteiger charge is -2.35. The Morgan fingerprint density at radius 1 is 1.18 bits per heavy atom. The van der Waals surface area contributed by atoms with Crippen LogP contribution in [0.1, 0.15) is 36.2 Å². The van der Waals surface area contributed by atoms with Crippen molar-refractivity contribution in [2.45, 2.75) is 50.4 Å². The maximum atomic E-state index is 13.3. The van der Waals surface area contributed by atoms with Crippen molar-refractivity contribution in [2.75, 3.05) is 18.0 Å². The van der Waals surface area contributed by atoms with E-state index in [0.717, 1.165) is 12.8 Å². The molecular weight excluding hydrogens is 297 g/mol. The van der Waals surface area contributed by atoms with Gasteiger partial charge in [0.05, 0.1) is 6.10 Å². The number of nitrogens with zero attached hydrogens (tertiary/aromatic N) is 3. The van der Waals surface area contributed by atoms with Crippen LogP contribution in [0.2, 0.25) is 0 Å². The van der Waals surface area contributed by atoms with Crippen LogP contribution in [0.4, 0.5) is 19.1 Å². The highest BCUT2D eigenvalue weighted by Crippen LogP contribution is 2.35. The SMILES string of the molecule is N[C@@H]1CCN(c2nc3c(c(C(F)(F)F)n2)CCCC3)C[C@H]1O. The van der Waals surface area contributed by atoms with Crippen LogP contribution in [0.25, 0.3) is 0 Å². The highest BCUT2D eigenvalue weighted by molar-refractivity contribution is 5.40. The monoisotopic (exact) mass is 316 g/mol. The topological polar surface area (TPSA) is 75.3 Å². The van der Waals surface area contributed by atoms with Gasteiger partial charge in [-0.3, -0.25) is 0 Å². The number of aromatic nitrogens is 2. The van der Waals surface area contributed by atoms with Gasteiger partial charge in [0.25, 0.3) is 0 Å². The number of hydrogen-bond acceptors (Lipinski definition) is 5. The minimum atomic E-state index is -4.48. The summed E-state index contributed by atoms with van der Waals surface area (Å²) in [6, 6.07) is -0.351. The zero-order valence-corrected chi connectivity index (χ0v) is 12.1. The third-order valence-electron chi connectivity index (χ3n) is 4.36. The van der Waals surface area contributed by atoms with Crippen LogP contribution in [0.15, 0.2) is 0 Å². The van der Waals surface area contributed by atoms with E-state index in [0.29, 0.717) is 31.5 Å². The smallest absolute Gasteiger partial charge is 0.390 e. The summed E-state index contributed by atoms with van der Waals surface area (Å²) in [4.78, 5) is 9.71. The fourth-order valence-electron chi connectivity index (χ4n) is 3.09. The first-order valence-corrected chi connectivity index (χ1v) is 7.52. The zero-order valence-electron chi connectivity index (χ0n) is 12.1. The number of alkyl halides is 3. The van der Waals surface area contributed by atoms with Crippen molar-refractivity contribution in [3.8, 4) is 0 Å². The maximum Gasteiger partial charge on any atom is 0.433 e. The fraction of sp³-hybridized carbons (Fsp3) is 0.714. The lowest BCUT2D eigenvalue weighted by atomic mass is 9.94. The number of β-amino-alcohol motifs (C(OH)–C–C–N with tert-alkyl or cyclic N) is 1. The largest absolute Gasteiger partial charge is 0.433 e. The quantitative estimate of drug-likeness (QED) is 0.816. The van der Waals surface area contributed by atoms with E-state index in [1.165, 1.54) is 0 Å². The van der Waals surface area contributed by atoms with Crippen LogP contribution >= 0.6 is 0 Å². The average molecular weight is 316 g/mol. The zero-order chi connectivity index (χ0) is 15.9. The van der Waals surface area contributed by atoms with Crippen LogP contribution in [0.5, 0.6) is 0 Å². The molecule has 1 fully saturated rings. The molecular formula is C14H19F3N4O. The summed E-state index contributed by atoms with van der Waals surface area (Å²) < 4.78 is 39.9. The molecule has 122 valence electrons. The second kappa shape index (κ2) is 5.66. The van der Waals surface area contributed by atoms with Gasteiger partial charge in [-0.1, -0.05) is 0 Å². The van der Waals surface area contributed by atoms with Gasteiger partial charge in [-0.25, -0.2) is 9.97 Å². The third kappa shape index (κ3) is 2.89. The summed E-state index contributed by atoms with van der Waals surface area (Å²) >= 11 is 0. The number of aliphatic hydroxyl groups excluding tert-OH is 1. The van der Waals surface area contributed by atoms with Crippen molar-refractivity contribution >= 4 is 5.95 Å². The molecule has 22 heavy (non-hydrogen) atoms. The van der Waals surface area contributed by atoms with Gasteiger partial charge >= 0.3 is 6.18 Å². The molecule has 1 aromatic heterocycles. The van der Waals surface area contributed by atoms with Crippen molar-refractivity contribution in [1.29, 1.82) is 0 Å². The lowest BCUT2D eigenvalue weighted by Crippen LogP contribution is -2.51. The van der Waals surface area contributed by atoms with E-state index in [2.05, 4.69) is 9.97 Å². The molecule has 0 radical (unpaired) electrons. The molecule has 2 aliphatic rings.